The first-order valence-corrected chi connectivity index (χ1v) is 4.00. The Morgan fingerprint density at radius 1 is 1.31 bits per heavy atom. The van der Waals surface area contributed by atoms with Gasteiger partial charge in [-0.05, 0) is 37.5 Å². The van der Waals surface area contributed by atoms with Gasteiger partial charge in [-0.15, -0.1) is 0 Å². The minimum absolute atomic E-state index is 0.613. The zero-order valence-corrected chi connectivity index (χ0v) is 7.97. The topological polar surface area (TPSA) is 28.1 Å². The Hall–Kier alpha value is -1.80. The van der Waals surface area contributed by atoms with E-state index in [4.69, 9.17) is 11.8 Å². The van der Waals surface area contributed by atoms with Gasteiger partial charge in [0.25, 0.3) is 0 Å². The summed E-state index contributed by atoms with van der Waals surface area (Å²) in [4.78, 5) is 3.42. The second kappa shape index (κ2) is 3.29. The Kier molecular flexibility index (Phi) is 2.35. The summed E-state index contributed by atoms with van der Waals surface area (Å²) < 4.78 is 0. The van der Waals surface area contributed by atoms with Crippen molar-refractivity contribution in [3.63, 3.8) is 0 Å². The first-order chi connectivity index (χ1) is 6.11. The average molecular weight is 170 g/mol. The number of rotatable bonds is 0. The highest BCUT2D eigenvalue weighted by molar-refractivity contribution is 5.65. The van der Waals surface area contributed by atoms with Crippen molar-refractivity contribution in [3.05, 3.63) is 39.7 Å². The second-order valence-corrected chi connectivity index (χ2v) is 3.08. The van der Waals surface area contributed by atoms with E-state index in [-0.39, 0.29) is 0 Å². The van der Waals surface area contributed by atoms with Crippen LogP contribution in [0.5, 0.6) is 0 Å². The number of nitrogens with zero attached hydrogens (tertiary/aromatic N) is 2. The lowest BCUT2D eigenvalue weighted by Crippen LogP contribution is -1.90. The molecule has 13 heavy (non-hydrogen) atoms. The third-order valence-corrected chi connectivity index (χ3v) is 2.15. The number of hydrogen-bond acceptors (Lipinski definition) is 1. The normalized spacial score (nSPS) is 9.00. The molecule has 1 rings (SSSR count). The molecule has 0 amide bonds. The van der Waals surface area contributed by atoms with Gasteiger partial charge >= 0.3 is 0 Å². The van der Waals surface area contributed by atoms with Crippen LogP contribution in [0.1, 0.15) is 22.3 Å². The second-order valence-electron chi connectivity index (χ2n) is 3.08. The Bertz CT molecular complexity index is 393. The molecule has 0 atom stereocenters. The van der Waals surface area contributed by atoms with Gasteiger partial charge in [-0.3, -0.25) is 0 Å². The lowest BCUT2D eigenvalue weighted by molar-refractivity contribution is 1.29. The highest BCUT2D eigenvalue weighted by atomic mass is 14.7. The minimum atomic E-state index is 0.613. The van der Waals surface area contributed by atoms with Crippen LogP contribution in [0.2, 0.25) is 0 Å². The summed E-state index contributed by atoms with van der Waals surface area (Å²) in [7, 11) is 0. The lowest BCUT2D eigenvalue weighted by Gasteiger charge is -2.06. The molecule has 0 aliphatic rings. The van der Waals surface area contributed by atoms with Gasteiger partial charge in [-0.1, -0.05) is 6.07 Å². The Morgan fingerprint density at radius 2 is 1.92 bits per heavy atom. The van der Waals surface area contributed by atoms with E-state index in [1.807, 2.05) is 26.8 Å². The lowest BCUT2D eigenvalue weighted by atomic mass is 9.98. The predicted octanol–water partition coefficient (Wildman–Crippen LogP) is 3.03. The molecule has 64 valence electrons. The van der Waals surface area contributed by atoms with Crippen molar-refractivity contribution in [2.75, 3.05) is 0 Å². The molecule has 0 bridgehead atoms. The Morgan fingerprint density at radius 3 is 2.38 bits per heavy atom. The minimum Gasteiger partial charge on any atom is -0.238 e. The molecule has 0 unspecified atom stereocenters. The van der Waals surface area contributed by atoms with Crippen LogP contribution in [-0.2, 0) is 0 Å². The van der Waals surface area contributed by atoms with E-state index in [9.17, 15) is 0 Å². The molecule has 0 fully saturated rings. The molecular formula is C11H10N2. The van der Waals surface area contributed by atoms with E-state index in [0.29, 0.717) is 11.3 Å². The summed E-state index contributed by atoms with van der Waals surface area (Å²) in [5.74, 6) is 0. The van der Waals surface area contributed by atoms with E-state index < -0.39 is 0 Å². The van der Waals surface area contributed by atoms with Gasteiger partial charge in [0.15, 0.2) is 5.69 Å². The van der Waals surface area contributed by atoms with Crippen LogP contribution in [0.25, 0.3) is 4.85 Å². The molecular weight excluding hydrogens is 160 g/mol. The fraction of sp³-hybridized carbons (Fsp3) is 0.273. The van der Waals surface area contributed by atoms with Crippen molar-refractivity contribution in [1.29, 1.82) is 5.26 Å². The molecule has 0 aromatic heterocycles. The van der Waals surface area contributed by atoms with Crippen LogP contribution in [0, 0.1) is 38.7 Å². The maximum Gasteiger partial charge on any atom is 0.194 e. The van der Waals surface area contributed by atoms with Crippen LogP contribution in [0.15, 0.2) is 6.07 Å². The molecule has 0 saturated heterocycles. The summed E-state index contributed by atoms with van der Waals surface area (Å²) in [6.45, 7) is 12.6. The smallest absolute Gasteiger partial charge is 0.194 e. The molecule has 1 aromatic carbocycles. The number of nitriles is 1. The summed E-state index contributed by atoms with van der Waals surface area (Å²) in [5, 5.41) is 8.86. The largest absolute Gasteiger partial charge is 0.238 e. The van der Waals surface area contributed by atoms with Gasteiger partial charge < -0.3 is 0 Å². The molecule has 0 aliphatic carbocycles. The monoisotopic (exact) mass is 170 g/mol. The Balaban J connectivity index is 3.63. The van der Waals surface area contributed by atoms with Gasteiger partial charge in [0, 0.05) is 5.56 Å². The van der Waals surface area contributed by atoms with Crippen molar-refractivity contribution in [2.24, 2.45) is 0 Å². The van der Waals surface area contributed by atoms with Crippen molar-refractivity contribution in [2.45, 2.75) is 20.8 Å². The van der Waals surface area contributed by atoms with Gasteiger partial charge in [0.2, 0.25) is 0 Å². The Labute approximate surface area is 78.3 Å². The van der Waals surface area contributed by atoms with Crippen LogP contribution in [0.4, 0.5) is 5.69 Å². The first kappa shape index (κ1) is 9.29. The van der Waals surface area contributed by atoms with Crippen molar-refractivity contribution < 1.29 is 0 Å². The summed E-state index contributed by atoms with van der Waals surface area (Å²) in [6.07, 6.45) is 0. The van der Waals surface area contributed by atoms with E-state index in [0.717, 1.165) is 16.7 Å². The molecule has 0 spiro atoms. The van der Waals surface area contributed by atoms with Gasteiger partial charge in [0.1, 0.15) is 0 Å². The average Bonchev–Trinajstić information content (AvgIpc) is 2.04. The highest BCUT2D eigenvalue weighted by Gasteiger charge is 2.09. The maximum atomic E-state index is 8.86. The van der Waals surface area contributed by atoms with Crippen molar-refractivity contribution >= 4 is 5.69 Å². The highest BCUT2D eigenvalue weighted by Crippen LogP contribution is 2.28. The third-order valence-electron chi connectivity index (χ3n) is 2.15. The van der Waals surface area contributed by atoms with Crippen LogP contribution in [0.3, 0.4) is 0 Å². The fourth-order valence-electron chi connectivity index (χ4n) is 1.52. The van der Waals surface area contributed by atoms with E-state index in [2.05, 4.69) is 10.9 Å². The number of benzene rings is 1. The molecule has 0 heterocycles. The number of hydrogen-bond donors (Lipinski definition) is 0. The molecule has 1 aromatic rings. The number of aryl methyl sites for hydroxylation is 2. The quantitative estimate of drug-likeness (QED) is 0.550. The molecule has 0 radical (unpaired) electrons. The summed E-state index contributed by atoms with van der Waals surface area (Å²) in [6, 6.07) is 4.01. The van der Waals surface area contributed by atoms with Crippen molar-refractivity contribution in [1.82, 2.24) is 0 Å². The van der Waals surface area contributed by atoms with Gasteiger partial charge in [-0.2, -0.15) is 5.26 Å². The molecule has 0 N–H and O–H groups in total. The molecule has 0 saturated carbocycles. The van der Waals surface area contributed by atoms with Crippen LogP contribution >= 0.6 is 0 Å². The van der Waals surface area contributed by atoms with E-state index in [1.165, 1.54) is 0 Å². The summed E-state index contributed by atoms with van der Waals surface area (Å²) in [5.41, 5.74) is 3.95. The van der Waals surface area contributed by atoms with Crippen LogP contribution in [-0.4, -0.2) is 0 Å². The van der Waals surface area contributed by atoms with Crippen LogP contribution < -0.4 is 0 Å². The van der Waals surface area contributed by atoms with Gasteiger partial charge in [0.05, 0.1) is 12.6 Å². The third kappa shape index (κ3) is 1.39. The maximum absolute atomic E-state index is 8.86. The fourth-order valence-corrected chi connectivity index (χ4v) is 1.52. The molecule has 0 aliphatic heterocycles. The summed E-state index contributed by atoms with van der Waals surface area (Å²) >= 11 is 0. The predicted molar refractivity (Wildman–Crippen MR) is 51.6 cm³/mol. The zero-order chi connectivity index (χ0) is 10.0. The molecule has 2 heteroatoms. The van der Waals surface area contributed by atoms with Crippen molar-refractivity contribution in [3.8, 4) is 6.07 Å². The standard InChI is InChI=1S/C11H10N2/c1-7-5-8(2)11(13-4)9(3)10(7)6-12/h5H,1-3H3. The van der Waals surface area contributed by atoms with E-state index >= 15 is 0 Å². The van der Waals surface area contributed by atoms with E-state index in [1.54, 1.807) is 0 Å². The van der Waals surface area contributed by atoms with Gasteiger partial charge in [-0.25, -0.2) is 4.85 Å². The molecule has 2 nitrogen and oxygen atoms in total. The SMILES string of the molecule is [C-]#[N+]c1c(C)cc(C)c(C#N)c1C. The first-order valence-electron chi connectivity index (χ1n) is 4.00. The zero-order valence-electron chi connectivity index (χ0n) is 7.97.